The Hall–Kier alpha value is -1.12. The number of morpholine rings is 1. The molecule has 4 nitrogen and oxygen atoms in total. The molecule has 1 unspecified atom stereocenters. The summed E-state index contributed by atoms with van der Waals surface area (Å²) in [5.41, 5.74) is 1.28. The molecule has 0 bridgehead atoms. The highest BCUT2D eigenvalue weighted by Gasteiger charge is 2.28. The molecule has 1 aromatic rings. The fourth-order valence-corrected chi connectivity index (χ4v) is 2.43. The molecule has 108 valence electrons. The number of benzene rings is 1. The molecular weight excluding hydrogens is 276 g/mol. The number of nitrogens with zero attached hydrogens (tertiary/aromatic N) is 1. The summed E-state index contributed by atoms with van der Waals surface area (Å²) >= 11 is 6.10. The van der Waals surface area contributed by atoms with Gasteiger partial charge in [-0.3, -0.25) is 0 Å². The molecule has 0 amide bonds. The van der Waals surface area contributed by atoms with Crippen molar-refractivity contribution in [1.29, 1.82) is 5.26 Å². The van der Waals surface area contributed by atoms with Gasteiger partial charge in [-0.15, -0.1) is 0 Å². The van der Waals surface area contributed by atoms with Crippen LogP contribution in [-0.4, -0.2) is 31.4 Å². The molecule has 1 aliphatic rings. The van der Waals surface area contributed by atoms with E-state index in [-0.39, 0.29) is 11.7 Å². The van der Waals surface area contributed by atoms with Gasteiger partial charge in [-0.2, -0.15) is 5.26 Å². The standard InChI is InChI=1S/C15H19ClN2O2/c1-15(2)10-18-7-13(20-15)9-19-8-12-4-3-11(6-17)5-14(12)16/h3-5,13,18H,7-10H2,1-2H3. The summed E-state index contributed by atoms with van der Waals surface area (Å²) in [6, 6.07) is 7.28. The molecule has 1 heterocycles. The first-order valence-corrected chi connectivity index (χ1v) is 7.03. The Kier molecular flexibility index (Phi) is 5.00. The van der Waals surface area contributed by atoms with Gasteiger partial charge in [0.1, 0.15) is 0 Å². The monoisotopic (exact) mass is 294 g/mol. The number of nitriles is 1. The minimum absolute atomic E-state index is 0.0518. The quantitative estimate of drug-likeness (QED) is 0.927. The molecule has 0 aromatic heterocycles. The number of rotatable bonds is 4. The van der Waals surface area contributed by atoms with Crippen LogP contribution < -0.4 is 5.32 Å². The minimum atomic E-state index is -0.154. The van der Waals surface area contributed by atoms with Crippen LogP contribution in [0.15, 0.2) is 18.2 Å². The van der Waals surface area contributed by atoms with Crippen molar-refractivity contribution in [1.82, 2.24) is 5.32 Å². The summed E-state index contributed by atoms with van der Waals surface area (Å²) in [4.78, 5) is 0. The largest absolute Gasteiger partial charge is 0.374 e. The van der Waals surface area contributed by atoms with Crippen LogP contribution in [-0.2, 0) is 16.1 Å². The summed E-state index contributed by atoms with van der Waals surface area (Å²) in [6.07, 6.45) is 0.0518. The van der Waals surface area contributed by atoms with E-state index in [4.69, 9.17) is 26.3 Å². The molecule has 20 heavy (non-hydrogen) atoms. The van der Waals surface area contributed by atoms with Crippen molar-refractivity contribution in [2.24, 2.45) is 0 Å². The zero-order valence-corrected chi connectivity index (χ0v) is 12.5. The summed E-state index contributed by atoms with van der Waals surface area (Å²) in [5, 5.41) is 12.7. The topological polar surface area (TPSA) is 54.3 Å². The van der Waals surface area contributed by atoms with Crippen molar-refractivity contribution in [2.45, 2.75) is 32.2 Å². The third-order valence-corrected chi connectivity index (χ3v) is 3.50. The van der Waals surface area contributed by atoms with Crippen LogP contribution in [0.2, 0.25) is 5.02 Å². The lowest BCUT2D eigenvalue weighted by atomic mass is 10.1. The van der Waals surface area contributed by atoms with E-state index in [9.17, 15) is 0 Å². The molecule has 1 aliphatic heterocycles. The van der Waals surface area contributed by atoms with Crippen LogP contribution in [0, 0.1) is 11.3 Å². The van der Waals surface area contributed by atoms with Gasteiger partial charge in [0.2, 0.25) is 0 Å². The van der Waals surface area contributed by atoms with Crippen LogP contribution in [0.4, 0.5) is 0 Å². The Morgan fingerprint density at radius 3 is 3.00 bits per heavy atom. The predicted octanol–water partition coefficient (Wildman–Crippen LogP) is 2.50. The Bertz CT molecular complexity index is 511. The number of halogens is 1. The first kappa shape index (κ1) is 15.3. The van der Waals surface area contributed by atoms with Crippen molar-refractivity contribution in [3.63, 3.8) is 0 Å². The molecule has 1 atom stereocenters. The lowest BCUT2D eigenvalue weighted by Crippen LogP contribution is -2.51. The van der Waals surface area contributed by atoms with Gasteiger partial charge in [0.25, 0.3) is 0 Å². The normalized spacial score (nSPS) is 21.4. The maximum absolute atomic E-state index is 8.78. The van der Waals surface area contributed by atoms with E-state index in [1.165, 1.54) is 0 Å². The second-order valence-electron chi connectivity index (χ2n) is 5.56. The average Bonchev–Trinajstić information content (AvgIpc) is 2.39. The third kappa shape index (κ3) is 4.19. The highest BCUT2D eigenvalue weighted by Crippen LogP contribution is 2.19. The fourth-order valence-electron chi connectivity index (χ4n) is 2.20. The molecule has 0 radical (unpaired) electrons. The van der Waals surface area contributed by atoms with E-state index in [1.807, 2.05) is 6.07 Å². The summed E-state index contributed by atoms with van der Waals surface area (Å²) < 4.78 is 11.6. The number of hydrogen-bond donors (Lipinski definition) is 1. The Balaban J connectivity index is 1.83. The third-order valence-electron chi connectivity index (χ3n) is 3.15. The average molecular weight is 295 g/mol. The number of nitrogens with one attached hydrogen (secondary N) is 1. The highest BCUT2D eigenvalue weighted by molar-refractivity contribution is 6.31. The lowest BCUT2D eigenvalue weighted by molar-refractivity contribution is -0.122. The molecule has 1 aromatic carbocycles. The van der Waals surface area contributed by atoms with Crippen LogP contribution in [0.3, 0.4) is 0 Å². The number of hydrogen-bond acceptors (Lipinski definition) is 4. The van der Waals surface area contributed by atoms with Gasteiger partial charge in [-0.25, -0.2) is 0 Å². The molecule has 1 N–H and O–H groups in total. The zero-order chi connectivity index (χ0) is 14.6. The highest BCUT2D eigenvalue weighted by atomic mass is 35.5. The second kappa shape index (κ2) is 6.55. The molecule has 1 saturated heterocycles. The summed E-state index contributed by atoms with van der Waals surface area (Å²) in [5.74, 6) is 0. The van der Waals surface area contributed by atoms with E-state index in [0.717, 1.165) is 18.7 Å². The van der Waals surface area contributed by atoms with E-state index < -0.39 is 0 Å². The van der Waals surface area contributed by atoms with Gasteiger partial charge < -0.3 is 14.8 Å². The first-order chi connectivity index (χ1) is 9.50. The van der Waals surface area contributed by atoms with Crippen molar-refractivity contribution >= 4 is 11.6 Å². The van der Waals surface area contributed by atoms with Crippen molar-refractivity contribution in [3.8, 4) is 6.07 Å². The van der Waals surface area contributed by atoms with Gasteiger partial charge in [0.15, 0.2) is 0 Å². The van der Waals surface area contributed by atoms with Crippen molar-refractivity contribution < 1.29 is 9.47 Å². The first-order valence-electron chi connectivity index (χ1n) is 6.65. The van der Waals surface area contributed by atoms with E-state index in [1.54, 1.807) is 12.1 Å². The maximum Gasteiger partial charge on any atom is 0.0992 e. The lowest BCUT2D eigenvalue weighted by Gasteiger charge is -2.36. The molecular formula is C15H19ClN2O2. The Labute approximate surface area is 124 Å². The van der Waals surface area contributed by atoms with Crippen LogP contribution in [0.25, 0.3) is 0 Å². The summed E-state index contributed by atoms with van der Waals surface area (Å²) in [7, 11) is 0. The Morgan fingerprint density at radius 2 is 2.35 bits per heavy atom. The SMILES string of the molecule is CC1(C)CNCC(COCc2ccc(C#N)cc2Cl)O1. The van der Waals surface area contributed by atoms with Gasteiger partial charge in [-0.1, -0.05) is 17.7 Å². The molecule has 5 heteroatoms. The van der Waals surface area contributed by atoms with Crippen molar-refractivity contribution in [2.75, 3.05) is 19.7 Å². The maximum atomic E-state index is 8.78. The fraction of sp³-hybridized carbons (Fsp3) is 0.533. The molecule has 0 aliphatic carbocycles. The van der Waals surface area contributed by atoms with Gasteiger partial charge >= 0.3 is 0 Å². The van der Waals surface area contributed by atoms with Crippen LogP contribution >= 0.6 is 11.6 Å². The van der Waals surface area contributed by atoms with Crippen LogP contribution in [0.1, 0.15) is 25.0 Å². The minimum Gasteiger partial charge on any atom is -0.374 e. The van der Waals surface area contributed by atoms with E-state index in [0.29, 0.717) is 23.8 Å². The molecule has 0 spiro atoms. The van der Waals surface area contributed by atoms with Gasteiger partial charge in [-0.05, 0) is 31.5 Å². The predicted molar refractivity (Wildman–Crippen MR) is 77.6 cm³/mol. The molecule has 1 fully saturated rings. The van der Waals surface area contributed by atoms with Gasteiger partial charge in [0, 0.05) is 18.1 Å². The zero-order valence-electron chi connectivity index (χ0n) is 11.8. The van der Waals surface area contributed by atoms with E-state index in [2.05, 4.69) is 25.2 Å². The van der Waals surface area contributed by atoms with Crippen LogP contribution in [0.5, 0.6) is 0 Å². The Morgan fingerprint density at radius 1 is 1.55 bits per heavy atom. The smallest absolute Gasteiger partial charge is 0.0992 e. The van der Waals surface area contributed by atoms with Crippen molar-refractivity contribution in [3.05, 3.63) is 34.3 Å². The molecule has 2 rings (SSSR count). The van der Waals surface area contributed by atoms with Gasteiger partial charge in [0.05, 0.1) is 36.6 Å². The summed E-state index contributed by atoms with van der Waals surface area (Å²) in [6.45, 7) is 6.71. The number of ether oxygens (including phenoxy) is 2. The molecule has 0 saturated carbocycles. The van der Waals surface area contributed by atoms with E-state index >= 15 is 0 Å². The second-order valence-corrected chi connectivity index (χ2v) is 5.97.